The van der Waals surface area contributed by atoms with E-state index in [0.717, 1.165) is 44.1 Å². The maximum atomic E-state index is 11.8. The van der Waals surface area contributed by atoms with Crippen LogP contribution in [0.2, 0.25) is 0 Å². The molecule has 0 saturated heterocycles. The van der Waals surface area contributed by atoms with E-state index in [2.05, 4.69) is 39.9 Å². The molecule has 0 aliphatic heterocycles. The molecular weight excluding hydrogens is 467 g/mol. The van der Waals surface area contributed by atoms with Crippen LogP contribution >= 0.6 is 24.0 Å². The van der Waals surface area contributed by atoms with Gasteiger partial charge < -0.3 is 19.9 Å². The molecule has 0 radical (unpaired) electrons. The van der Waals surface area contributed by atoms with E-state index in [1.165, 1.54) is 5.56 Å². The number of hydrogen-bond donors (Lipinski definition) is 2. The van der Waals surface area contributed by atoms with E-state index in [-0.39, 0.29) is 29.5 Å². The van der Waals surface area contributed by atoms with Gasteiger partial charge in [-0.3, -0.25) is 9.79 Å². The van der Waals surface area contributed by atoms with Gasteiger partial charge in [0.1, 0.15) is 0 Å². The Morgan fingerprint density at radius 3 is 2.50 bits per heavy atom. The average molecular weight is 498 g/mol. The molecule has 0 aliphatic carbocycles. The molecule has 154 valence electrons. The Morgan fingerprint density at radius 2 is 1.82 bits per heavy atom. The van der Waals surface area contributed by atoms with Crippen molar-refractivity contribution in [3.8, 4) is 0 Å². The quantitative estimate of drug-likeness (QED) is 0.229. The number of aromatic nitrogens is 1. The highest BCUT2D eigenvalue weighted by atomic mass is 127. The Kier molecular flexibility index (Phi) is 12.2. The summed E-state index contributed by atoms with van der Waals surface area (Å²) in [5.41, 5.74) is 2.28. The summed E-state index contributed by atoms with van der Waals surface area (Å²) < 4.78 is 7.03. The van der Waals surface area contributed by atoms with Crippen LogP contribution < -0.4 is 16.2 Å². The first-order valence-electron chi connectivity index (χ1n) is 9.48. The van der Waals surface area contributed by atoms with Gasteiger partial charge >= 0.3 is 0 Å². The van der Waals surface area contributed by atoms with Gasteiger partial charge in [0, 0.05) is 45.6 Å². The first-order valence-corrected chi connectivity index (χ1v) is 9.48. The fraction of sp³-hybridized carbons (Fsp3) is 0.429. The third-order valence-electron chi connectivity index (χ3n) is 4.17. The molecule has 1 aromatic heterocycles. The highest BCUT2D eigenvalue weighted by Gasteiger charge is 2.00. The minimum absolute atomic E-state index is 0. The molecule has 0 saturated carbocycles. The molecule has 7 heteroatoms. The first kappa shape index (κ1) is 24.2. The number of guanidine groups is 1. The average Bonchev–Trinajstić information content (AvgIpc) is 2.70. The lowest BCUT2D eigenvalue weighted by Gasteiger charge is -2.12. The molecule has 0 atom stereocenters. The molecular formula is C21H31IN4O2. The summed E-state index contributed by atoms with van der Waals surface area (Å²) in [5.74, 6) is 0.798. The minimum atomic E-state index is 0. The van der Waals surface area contributed by atoms with Gasteiger partial charge in [-0.1, -0.05) is 30.3 Å². The van der Waals surface area contributed by atoms with Gasteiger partial charge in [-0.25, -0.2) is 0 Å². The van der Waals surface area contributed by atoms with E-state index in [4.69, 9.17) is 4.74 Å². The number of pyridine rings is 1. The van der Waals surface area contributed by atoms with Crippen LogP contribution in [0.25, 0.3) is 0 Å². The summed E-state index contributed by atoms with van der Waals surface area (Å²) in [6, 6.07) is 13.5. The zero-order valence-corrected chi connectivity index (χ0v) is 19.0. The predicted octanol–water partition coefficient (Wildman–Crippen LogP) is 3.00. The summed E-state index contributed by atoms with van der Waals surface area (Å²) in [6.07, 6.45) is 3.90. The number of nitrogens with zero attached hydrogens (tertiary/aromatic N) is 2. The number of nitrogens with one attached hydrogen (secondary N) is 2. The molecule has 0 bridgehead atoms. The van der Waals surface area contributed by atoms with Crippen molar-refractivity contribution in [1.82, 2.24) is 15.2 Å². The lowest BCUT2D eigenvalue weighted by atomic mass is 10.1. The summed E-state index contributed by atoms with van der Waals surface area (Å²) in [5, 5.41) is 6.63. The largest absolute Gasteiger partial charge is 0.382 e. The van der Waals surface area contributed by atoms with E-state index < -0.39 is 0 Å². The zero-order valence-electron chi connectivity index (χ0n) is 16.7. The van der Waals surface area contributed by atoms with Gasteiger partial charge in [0.05, 0.1) is 6.54 Å². The molecule has 0 unspecified atom stereocenters. The molecule has 0 spiro atoms. The van der Waals surface area contributed by atoms with Gasteiger partial charge in [-0.05, 0) is 37.0 Å². The maximum Gasteiger partial charge on any atom is 0.250 e. The van der Waals surface area contributed by atoms with E-state index >= 15 is 0 Å². The molecule has 28 heavy (non-hydrogen) atoms. The Balaban J connectivity index is 0.00000392. The molecule has 6 nitrogen and oxygen atoms in total. The number of hydrogen-bond acceptors (Lipinski definition) is 3. The molecule has 0 aliphatic rings. The fourth-order valence-electron chi connectivity index (χ4n) is 2.64. The summed E-state index contributed by atoms with van der Waals surface area (Å²) >= 11 is 0. The molecule has 0 fully saturated rings. The van der Waals surface area contributed by atoms with Crippen LogP contribution in [0.15, 0.2) is 58.4 Å². The van der Waals surface area contributed by atoms with Crippen molar-refractivity contribution in [2.45, 2.75) is 32.9 Å². The first-order chi connectivity index (χ1) is 13.2. The smallest absolute Gasteiger partial charge is 0.250 e. The molecule has 2 aromatic rings. The van der Waals surface area contributed by atoms with E-state index in [1.54, 1.807) is 23.7 Å². The van der Waals surface area contributed by atoms with Crippen molar-refractivity contribution in [2.75, 3.05) is 26.8 Å². The van der Waals surface area contributed by atoms with Crippen LogP contribution in [0.3, 0.4) is 0 Å². The second-order valence-corrected chi connectivity index (χ2v) is 6.24. The summed E-state index contributed by atoms with van der Waals surface area (Å²) in [4.78, 5) is 16.0. The SMILES string of the molecule is CCOCCCCNC(=NC)NCc1ccc(Cn2ccccc2=O)cc1.I. The van der Waals surface area contributed by atoms with Crippen LogP contribution in [-0.4, -0.2) is 37.3 Å². The number of rotatable bonds is 10. The third kappa shape index (κ3) is 8.88. The molecule has 2 N–H and O–H groups in total. The Labute approximate surface area is 184 Å². The van der Waals surface area contributed by atoms with Gasteiger partial charge in [0.15, 0.2) is 5.96 Å². The summed E-state index contributed by atoms with van der Waals surface area (Å²) in [7, 11) is 1.77. The number of aliphatic imine (C=N–C) groups is 1. The Hall–Kier alpha value is -1.87. The standard InChI is InChI=1S/C21H30N4O2.HI/c1-3-27-15-7-5-13-23-21(22-2)24-16-18-9-11-19(12-10-18)17-25-14-6-4-8-20(25)26;/h4,6,8-12,14H,3,5,7,13,15-17H2,1-2H3,(H2,22,23,24);1H. The number of unbranched alkanes of at least 4 members (excludes halogenated alkanes) is 1. The fourth-order valence-corrected chi connectivity index (χ4v) is 2.64. The van der Waals surface area contributed by atoms with Crippen molar-refractivity contribution in [1.29, 1.82) is 0 Å². The van der Waals surface area contributed by atoms with Crippen LogP contribution in [0, 0.1) is 0 Å². The highest BCUT2D eigenvalue weighted by molar-refractivity contribution is 14.0. The lowest BCUT2D eigenvalue weighted by Crippen LogP contribution is -2.37. The Bertz CT molecular complexity index is 760. The number of benzene rings is 1. The number of halogens is 1. The maximum absolute atomic E-state index is 11.8. The van der Waals surface area contributed by atoms with Crippen molar-refractivity contribution in [3.05, 3.63) is 70.1 Å². The van der Waals surface area contributed by atoms with E-state index in [1.807, 2.05) is 19.2 Å². The summed E-state index contributed by atoms with van der Waals surface area (Å²) in [6.45, 7) is 5.75. The van der Waals surface area contributed by atoms with Gasteiger partial charge in [-0.2, -0.15) is 0 Å². The third-order valence-corrected chi connectivity index (χ3v) is 4.17. The topological polar surface area (TPSA) is 67.7 Å². The minimum Gasteiger partial charge on any atom is -0.382 e. The van der Waals surface area contributed by atoms with E-state index in [9.17, 15) is 4.79 Å². The normalized spacial score (nSPS) is 11.0. The molecule has 1 aromatic carbocycles. The van der Waals surface area contributed by atoms with Crippen LogP contribution in [0.4, 0.5) is 0 Å². The molecule has 1 heterocycles. The van der Waals surface area contributed by atoms with Gasteiger partial charge in [-0.15, -0.1) is 24.0 Å². The second kappa shape index (κ2) is 14.2. The van der Waals surface area contributed by atoms with Crippen molar-refractivity contribution in [2.24, 2.45) is 4.99 Å². The van der Waals surface area contributed by atoms with Crippen molar-refractivity contribution >= 4 is 29.9 Å². The lowest BCUT2D eigenvalue weighted by molar-refractivity contribution is 0.143. The van der Waals surface area contributed by atoms with Gasteiger partial charge in [0.25, 0.3) is 5.56 Å². The second-order valence-electron chi connectivity index (χ2n) is 6.24. The van der Waals surface area contributed by atoms with Crippen molar-refractivity contribution in [3.63, 3.8) is 0 Å². The zero-order chi connectivity index (χ0) is 19.3. The van der Waals surface area contributed by atoms with Crippen LogP contribution in [-0.2, 0) is 17.8 Å². The van der Waals surface area contributed by atoms with Crippen molar-refractivity contribution < 1.29 is 4.74 Å². The highest BCUT2D eigenvalue weighted by Crippen LogP contribution is 2.05. The molecule has 2 rings (SSSR count). The predicted molar refractivity (Wildman–Crippen MR) is 126 cm³/mol. The monoisotopic (exact) mass is 498 g/mol. The molecule has 0 amide bonds. The number of ether oxygens (including phenoxy) is 1. The van der Waals surface area contributed by atoms with Crippen LogP contribution in [0.5, 0.6) is 0 Å². The van der Waals surface area contributed by atoms with Gasteiger partial charge in [0.2, 0.25) is 0 Å². The Morgan fingerprint density at radius 1 is 1.07 bits per heavy atom. The van der Waals surface area contributed by atoms with Crippen LogP contribution in [0.1, 0.15) is 30.9 Å². The van der Waals surface area contributed by atoms with E-state index in [0.29, 0.717) is 13.1 Å².